The molecule has 0 atom stereocenters. The molecule has 0 aliphatic heterocycles. The molecule has 1 aromatic rings. The van der Waals surface area contributed by atoms with Crippen molar-refractivity contribution in [2.75, 3.05) is 23.1 Å². The number of nitrogens with one attached hydrogen (secondary N) is 1. The van der Waals surface area contributed by atoms with Gasteiger partial charge in [-0.15, -0.1) is 0 Å². The Labute approximate surface area is 92.2 Å². The van der Waals surface area contributed by atoms with E-state index in [0.29, 0.717) is 17.8 Å². The average Bonchev–Trinajstić information content (AvgIpc) is 2.13. The fourth-order valence-corrected chi connectivity index (χ4v) is 1.49. The van der Waals surface area contributed by atoms with Gasteiger partial charge in [0.25, 0.3) is 0 Å². The first-order valence-electron chi connectivity index (χ1n) is 4.46. The molecule has 0 heterocycles. The topological polar surface area (TPSA) is 55.1 Å². The maximum Gasteiger partial charge on any atom is 0.225 e. The van der Waals surface area contributed by atoms with E-state index in [1.807, 2.05) is 6.26 Å². The predicted octanol–water partition coefficient (Wildman–Crippen LogP) is 2.10. The van der Waals surface area contributed by atoms with Crippen molar-refractivity contribution in [3.8, 4) is 0 Å². The standard InChI is InChI=1S/C10H13FN2OS/c1-15-3-2-10(14)13-9-5-7(11)4-8(12)6-9/h4-6H,2-3,12H2,1H3,(H,13,14). The quantitative estimate of drug-likeness (QED) is 0.776. The van der Waals surface area contributed by atoms with Gasteiger partial charge in [-0.1, -0.05) is 0 Å². The molecule has 5 heteroatoms. The van der Waals surface area contributed by atoms with E-state index in [1.54, 1.807) is 11.8 Å². The minimum atomic E-state index is -0.449. The fraction of sp³-hybridized carbons (Fsp3) is 0.300. The number of thioether (sulfide) groups is 1. The van der Waals surface area contributed by atoms with E-state index >= 15 is 0 Å². The third kappa shape index (κ3) is 4.20. The lowest BCUT2D eigenvalue weighted by molar-refractivity contribution is -0.115. The predicted molar refractivity (Wildman–Crippen MR) is 62.4 cm³/mol. The van der Waals surface area contributed by atoms with Crippen LogP contribution in [-0.4, -0.2) is 17.9 Å². The van der Waals surface area contributed by atoms with Crippen LogP contribution in [0.3, 0.4) is 0 Å². The fourth-order valence-electron chi connectivity index (χ4n) is 1.10. The van der Waals surface area contributed by atoms with Crippen molar-refractivity contribution >= 4 is 29.0 Å². The van der Waals surface area contributed by atoms with Crippen LogP contribution in [0.2, 0.25) is 0 Å². The zero-order valence-corrected chi connectivity index (χ0v) is 9.23. The molecule has 1 amide bonds. The number of carbonyl (C=O) groups is 1. The number of nitrogen functional groups attached to an aromatic ring is 1. The van der Waals surface area contributed by atoms with Gasteiger partial charge in [0.2, 0.25) is 5.91 Å². The number of rotatable bonds is 4. The molecule has 0 spiro atoms. The van der Waals surface area contributed by atoms with Crippen molar-refractivity contribution in [1.29, 1.82) is 0 Å². The van der Waals surface area contributed by atoms with Gasteiger partial charge in [-0.3, -0.25) is 4.79 Å². The second kappa shape index (κ2) is 5.60. The molecule has 0 saturated carbocycles. The highest BCUT2D eigenvalue weighted by Gasteiger charge is 2.03. The molecule has 0 aliphatic carbocycles. The number of hydrogen-bond acceptors (Lipinski definition) is 3. The first-order chi connectivity index (χ1) is 7.11. The maximum atomic E-state index is 12.9. The number of amides is 1. The summed E-state index contributed by atoms with van der Waals surface area (Å²) in [5.74, 6) is 0.168. The minimum absolute atomic E-state index is 0.130. The monoisotopic (exact) mass is 228 g/mol. The number of benzene rings is 1. The molecule has 0 radical (unpaired) electrons. The summed E-state index contributed by atoms with van der Waals surface area (Å²) in [5.41, 5.74) is 6.14. The number of nitrogens with two attached hydrogens (primary N) is 1. The van der Waals surface area contributed by atoms with Gasteiger partial charge in [0.15, 0.2) is 0 Å². The lowest BCUT2D eigenvalue weighted by Crippen LogP contribution is -2.12. The van der Waals surface area contributed by atoms with Crippen LogP contribution in [-0.2, 0) is 4.79 Å². The Morgan fingerprint density at radius 1 is 1.53 bits per heavy atom. The van der Waals surface area contributed by atoms with Crippen LogP contribution >= 0.6 is 11.8 Å². The highest BCUT2D eigenvalue weighted by molar-refractivity contribution is 7.98. The molecule has 0 bridgehead atoms. The zero-order valence-electron chi connectivity index (χ0n) is 8.42. The van der Waals surface area contributed by atoms with Crippen molar-refractivity contribution in [2.45, 2.75) is 6.42 Å². The molecule has 15 heavy (non-hydrogen) atoms. The van der Waals surface area contributed by atoms with Crippen molar-refractivity contribution in [2.24, 2.45) is 0 Å². The summed E-state index contributed by atoms with van der Waals surface area (Å²) >= 11 is 1.59. The summed E-state index contributed by atoms with van der Waals surface area (Å²) < 4.78 is 12.9. The highest BCUT2D eigenvalue weighted by atomic mass is 32.2. The first kappa shape index (κ1) is 11.8. The minimum Gasteiger partial charge on any atom is -0.399 e. The average molecular weight is 228 g/mol. The Balaban J connectivity index is 2.60. The third-order valence-electron chi connectivity index (χ3n) is 1.74. The molecular formula is C10H13FN2OS. The molecule has 0 fully saturated rings. The van der Waals surface area contributed by atoms with Crippen LogP contribution in [0, 0.1) is 5.82 Å². The van der Waals surface area contributed by atoms with E-state index in [9.17, 15) is 9.18 Å². The summed E-state index contributed by atoms with van der Waals surface area (Å²) in [5, 5.41) is 2.59. The number of hydrogen-bond donors (Lipinski definition) is 2. The van der Waals surface area contributed by atoms with Gasteiger partial charge in [-0.05, 0) is 24.5 Å². The van der Waals surface area contributed by atoms with Crippen LogP contribution in [0.1, 0.15) is 6.42 Å². The second-order valence-corrected chi connectivity index (χ2v) is 4.05. The molecule has 0 unspecified atom stereocenters. The normalized spacial score (nSPS) is 10.0. The molecule has 0 aliphatic rings. The number of halogens is 1. The molecule has 1 aromatic carbocycles. The van der Waals surface area contributed by atoms with Crippen LogP contribution in [0.5, 0.6) is 0 Å². The SMILES string of the molecule is CSCCC(=O)Nc1cc(N)cc(F)c1. The van der Waals surface area contributed by atoms with E-state index in [-0.39, 0.29) is 5.91 Å². The summed E-state index contributed by atoms with van der Waals surface area (Å²) in [6, 6.07) is 3.98. The van der Waals surface area contributed by atoms with Gasteiger partial charge < -0.3 is 11.1 Å². The van der Waals surface area contributed by atoms with Crippen molar-refractivity contribution in [3.63, 3.8) is 0 Å². The molecule has 3 nitrogen and oxygen atoms in total. The van der Waals surface area contributed by atoms with E-state index in [2.05, 4.69) is 5.32 Å². The van der Waals surface area contributed by atoms with Gasteiger partial charge in [-0.25, -0.2) is 4.39 Å². The Kier molecular flexibility index (Phi) is 4.42. The van der Waals surface area contributed by atoms with Gasteiger partial charge >= 0.3 is 0 Å². The molecule has 1 rings (SSSR count). The number of carbonyl (C=O) groups excluding carboxylic acids is 1. The zero-order chi connectivity index (χ0) is 11.3. The Bertz CT molecular complexity index is 337. The second-order valence-electron chi connectivity index (χ2n) is 3.06. The van der Waals surface area contributed by atoms with Crippen molar-refractivity contribution in [3.05, 3.63) is 24.0 Å². The molecule has 3 N–H and O–H groups in total. The first-order valence-corrected chi connectivity index (χ1v) is 5.86. The van der Waals surface area contributed by atoms with Crippen molar-refractivity contribution < 1.29 is 9.18 Å². The summed E-state index contributed by atoms with van der Waals surface area (Å²) in [7, 11) is 0. The van der Waals surface area contributed by atoms with E-state index < -0.39 is 5.82 Å². The molecular weight excluding hydrogens is 215 g/mol. The summed E-state index contributed by atoms with van der Waals surface area (Å²) in [6.07, 6.45) is 2.34. The van der Waals surface area contributed by atoms with Gasteiger partial charge in [-0.2, -0.15) is 11.8 Å². The largest absolute Gasteiger partial charge is 0.399 e. The van der Waals surface area contributed by atoms with Gasteiger partial charge in [0, 0.05) is 23.5 Å². The smallest absolute Gasteiger partial charge is 0.225 e. The maximum absolute atomic E-state index is 12.9. The Morgan fingerprint density at radius 3 is 2.87 bits per heavy atom. The summed E-state index contributed by atoms with van der Waals surface area (Å²) in [4.78, 5) is 11.3. The van der Waals surface area contributed by atoms with E-state index in [4.69, 9.17) is 5.73 Å². The van der Waals surface area contributed by atoms with E-state index in [0.717, 1.165) is 5.75 Å². The van der Waals surface area contributed by atoms with Crippen LogP contribution in [0.15, 0.2) is 18.2 Å². The lowest BCUT2D eigenvalue weighted by Gasteiger charge is -2.05. The third-order valence-corrected chi connectivity index (χ3v) is 2.35. The van der Waals surface area contributed by atoms with Gasteiger partial charge in [0.05, 0.1) is 0 Å². The molecule has 0 saturated heterocycles. The summed E-state index contributed by atoms with van der Waals surface area (Å²) in [6.45, 7) is 0. The highest BCUT2D eigenvalue weighted by Crippen LogP contribution is 2.15. The molecule has 0 aromatic heterocycles. The van der Waals surface area contributed by atoms with Gasteiger partial charge in [0.1, 0.15) is 5.82 Å². The number of anilines is 2. The van der Waals surface area contributed by atoms with Crippen LogP contribution in [0.4, 0.5) is 15.8 Å². The lowest BCUT2D eigenvalue weighted by atomic mass is 10.2. The van der Waals surface area contributed by atoms with Crippen molar-refractivity contribution in [1.82, 2.24) is 0 Å². The van der Waals surface area contributed by atoms with E-state index in [1.165, 1.54) is 18.2 Å². The Morgan fingerprint density at radius 2 is 2.27 bits per heavy atom. The van der Waals surface area contributed by atoms with Crippen LogP contribution in [0.25, 0.3) is 0 Å². The molecule has 82 valence electrons. The Hall–Kier alpha value is -1.23. The van der Waals surface area contributed by atoms with Crippen LogP contribution < -0.4 is 11.1 Å².